The highest BCUT2D eigenvalue weighted by Gasteiger charge is 2.16. The number of benzene rings is 4. The lowest BCUT2D eigenvalue weighted by atomic mass is 9.89. The normalized spacial score (nSPS) is 11.1. The van der Waals surface area contributed by atoms with E-state index in [1.807, 2.05) is 0 Å². The highest BCUT2D eigenvalue weighted by Crippen LogP contribution is 2.41. The lowest BCUT2D eigenvalue weighted by molar-refractivity contribution is 0.484. The van der Waals surface area contributed by atoms with E-state index in [9.17, 15) is 0 Å². The van der Waals surface area contributed by atoms with E-state index in [1.165, 1.54) is 49.7 Å². The van der Waals surface area contributed by atoms with Crippen molar-refractivity contribution in [2.24, 2.45) is 0 Å². The van der Waals surface area contributed by atoms with E-state index in [-0.39, 0.29) is 0 Å². The lowest BCUT2D eigenvalue weighted by Crippen LogP contribution is -1.95. The number of hydrogen-bond donors (Lipinski definition) is 0. The van der Waals surface area contributed by atoms with E-state index in [0.29, 0.717) is 0 Å². The minimum atomic E-state index is 0.878. The fraction of sp³-hybridized carbons (Fsp3) is 0.214. The van der Waals surface area contributed by atoms with Crippen LogP contribution in [0.1, 0.15) is 33.4 Å². The van der Waals surface area contributed by atoms with E-state index in [2.05, 4.69) is 102 Å². The Labute approximate surface area is 174 Å². The predicted octanol–water partition coefficient (Wildman–Crippen LogP) is 8.15. The summed E-state index contributed by atoms with van der Waals surface area (Å²) in [5.74, 6) is 1.78. The monoisotopic (exact) mass is 380 g/mol. The van der Waals surface area contributed by atoms with Gasteiger partial charge in [-0.15, -0.1) is 0 Å². The van der Waals surface area contributed by atoms with Crippen LogP contribution in [-0.2, 0) is 0 Å². The van der Waals surface area contributed by atoms with Crippen LogP contribution in [0.5, 0.6) is 11.5 Å². The Bertz CT molecular complexity index is 1230. The van der Waals surface area contributed by atoms with Crippen LogP contribution >= 0.6 is 0 Å². The molecule has 4 aromatic carbocycles. The first-order chi connectivity index (χ1) is 13.8. The van der Waals surface area contributed by atoms with Crippen LogP contribution in [0, 0.1) is 41.5 Å². The van der Waals surface area contributed by atoms with Gasteiger partial charge in [0.1, 0.15) is 11.5 Å². The first kappa shape index (κ1) is 19.3. The zero-order valence-electron chi connectivity index (χ0n) is 18.2. The summed E-state index contributed by atoms with van der Waals surface area (Å²) in [6, 6.07) is 21.8. The Morgan fingerprint density at radius 1 is 0.586 bits per heavy atom. The average Bonchev–Trinajstić information content (AvgIpc) is 2.67. The van der Waals surface area contributed by atoms with E-state index in [0.717, 1.165) is 17.1 Å². The molecule has 0 fully saturated rings. The van der Waals surface area contributed by atoms with Gasteiger partial charge in [-0.1, -0.05) is 47.5 Å². The summed E-state index contributed by atoms with van der Waals surface area (Å²) in [5.41, 5.74) is 10.0. The topological polar surface area (TPSA) is 9.23 Å². The molecule has 0 saturated carbocycles. The molecule has 29 heavy (non-hydrogen) atoms. The van der Waals surface area contributed by atoms with E-state index < -0.39 is 0 Å². The summed E-state index contributed by atoms with van der Waals surface area (Å²) in [6.07, 6.45) is 0. The predicted molar refractivity (Wildman–Crippen MR) is 124 cm³/mol. The van der Waals surface area contributed by atoms with E-state index in [1.54, 1.807) is 0 Å². The van der Waals surface area contributed by atoms with Crippen molar-refractivity contribution in [2.75, 3.05) is 0 Å². The van der Waals surface area contributed by atoms with Crippen LogP contribution in [0.2, 0.25) is 0 Å². The van der Waals surface area contributed by atoms with Crippen molar-refractivity contribution < 1.29 is 4.74 Å². The summed E-state index contributed by atoms with van der Waals surface area (Å²) in [6.45, 7) is 12.9. The van der Waals surface area contributed by atoms with Gasteiger partial charge >= 0.3 is 0 Å². The van der Waals surface area contributed by atoms with Gasteiger partial charge in [0, 0.05) is 5.56 Å². The molecule has 1 heteroatoms. The molecule has 0 atom stereocenters. The number of ether oxygens (including phenoxy) is 1. The standard InChI is InChI=1S/C28H28O/c1-17-7-11-25-23(13-17)15-21(5)22(6)28(25)26-14-18(2)8-12-27(26)29-24-10-9-19(3)20(4)16-24/h7-16H,1-6H3. The first-order valence-electron chi connectivity index (χ1n) is 10.2. The van der Waals surface area contributed by atoms with Crippen molar-refractivity contribution >= 4 is 10.8 Å². The molecule has 4 rings (SSSR count). The molecule has 0 aliphatic carbocycles. The molecular formula is C28H28O. The van der Waals surface area contributed by atoms with Gasteiger partial charge in [0.2, 0.25) is 0 Å². The van der Waals surface area contributed by atoms with Gasteiger partial charge < -0.3 is 4.74 Å². The second-order valence-corrected chi connectivity index (χ2v) is 8.27. The van der Waals surface area contributed by atoms with Gasteiger partial charge in [-0.25, -0.2) is 0 Å². The van der Waals surface area contributed by atoms with Crippen LogP contribution < -0.4 is 4.74 Å². The quantitative estimate of drug-likeness (QED) is 0.348. The summed E-state index contributed by atoms with van der Waals surface area (Å²) >= 11 is 0. The Morgan fingerprint density at radius 2 is 1.31 bits per heavy atom. The second-order valence-electron chi connectivity index (χ2n) is 8.27. The molecule has 0 aliphatic heterocycles. The number of hydrogen-bond acceptors (Lipinski definition) is 1. The second kappa shape index (κ2) is 7.40. The molecule has 0 spiro atoms. The Morgan fingerprint density at radius 3 is 2.07 bits per heavy atom. The highest BCUT2D eigenvalue weighted by molar-refractivity contribution is 6.00. The van der Waals surface area contributed by atoms with Crippen LogP contribution in [0.4, 0.5) is 0 Å². The van der Waals surface area contributed by atoms with Gasteiger partial charge in [0.15, 0.2) is 0 Å². The maximum atomic E-state index is 6.42. The maximum absolute atomic E-state index is 6.42. The molecule has 0 bridgehead atoms. The third-order valence-corrected chi connectivity index (χ3v) is 5.93. The fourth-order valence-corrected chi connectivity index (χ4v) is 3.95. The van der Waals surface area contributed by atoms with Crippen molar-refractivity contribution in [3.63, 3.8) is 0 Å². The molecular weight excluding hydrogens is 352 g/mol. The molecule has 0 unspecified atom stereocenters. The molecule has 0 aliphatic rings. The average molecular weight is 381 g/mol. The third-order valence-electron chi connectivity index (χ3n) is 5.93. The zero-order valence-corrected chi connectivity index (χ0v) is 18.2. The minimum absolute atomic E-state index is 0.878. The van der Waals surface area contributed by atoms with Gasteiger partial charge in [-0.05, 0) is 104 Å². The largest absolute Gasteiger partial charge is 0.457 e. The molecule has 0 aromatic heterocycles. The van der Waals surface area contributed by atoms with Gasteiger partial charge in [0.25, 0.3) is 0 Å². The molecule has 0 N–H and O–H groups in total. The maximum Gasteiger partial charge on any atom is 0.135 e. The summed E-state index contributed by atoms with van der Waals surface area (Å²) < 4.78 is 6.42. The summed E-state index contributed by atoms with van der Waals surface area (Å²) in [4.78, 5) is 0. The molecule has 146 valence electrons. The van der Waals surface area contributed by atoms with Crippen LogP contribution in [0.15, 0.2) is 60.7 Å². The number of aryl methyl sites for hydroxylation is 5. The SMILES string of the molecule is Cc1ccc(Oc2ccc(C)c(C)c2)c(-c2c(C)c(C)cc3cc(C)ccc23)c1. The van der Waals surface area contributed by atoms with Crippen LogP contribution in [-0.4, -0.2) is 0 Å². The van der Waals surface area contributed by atoms with Crippen molar-refractivity contribution in [3.8, 4) is 22.6 Å². The Hall–Kier alpha value is -3.06. The number of rotatable bonds is 3. The third kappa shape index (κ3) is 3.65. The minimum Gasteiger partial charge on any atom is -0.457 e. The van der Waals surface area contributed by atoms with Crippen molar-refractivity contribution in [3.05, 3.63) is 94.0 Å². The fourth-order valence-electron chi connectivity index (χ4n) is 3.95. The molecule has 0 amide bonds. The number of fused-ring (bicyclic) bond motifs is 1. The van der Waals surface area contributed by atoms with Gasteiger partial charge in [-0.3, -0.25) is 0 Å². The zero-order chi connectivity index (χ0) is 20.7. The van der Waals surface area contributed by atoms with Crippen LogP contribution in [0.25, 0.3) is 21.9 Å². The molecule has 0 heterocycles. The van der Waals surface area contributed by atoms with Crippen molar-refractivity contribution in [1.82, 2.24) is 0 Å². The van der Waals surface area contributed by atoms with E-state index in [4.69, 9.17) is 4.74 Å². The highest BCUT2D eigenvalue weighted by atomic mass is 16.5. The summed E-state index contributed by atoms with van der Waals surface area (Å²) in [5, 5.41) is 2.55. The molecule has 0 saturated heterocycles. The lowest BCUT2D eigenvalue weighted by Gasteiger charge is -2.18. The van der Waals surface area contributed by atoms with Crippen LogP contribution in [0.3, 0.4) is 0 Å². The Kier molecular flexibility index (Phi) is 4.92. The molecule has 0 radical (unpaired) electrons. The van der Waals surface area contributed by atoms with E-state index >= 15 is 0 Å². The first-order valence-corrected chi connectivity index (χ1v) is 10.2. The van der Waals surface area contributed by atoms with Crippen molar-refractivity contribution in [2.45, 2.75) is 41.5 Å². The summed E-state index contributed by atoms with van der Waals surface area (Å²) in [7, 11) is 0. The van der Waals surface area contributed by atoms with Crippen molar-refractivity contribution in [1.29, 1.82) is 0 Å². The van der Waals surface area contributed by atoms with Gasteiger partial charge in [0.05, 0.1) is 0 Å². The Balaban J connectivity index is 1.95. The molecule has 4 aromatic rings. The smallest absolute Gasteiger partial charge is 0.135 e. The molecule has 1 nitrogen and oxygen atoms in total. The van der Waals surface area contributed by atoms with Gasteiger partial charge in [-0.2, -0.15) is 0 Å².